The first-order chi connectivity index (χ1) is 18.1. The van der Waals surface area contributed by atoms with Crippen molar-refractivity contribution in [3.8, 4) is 11.3 Å². The summed E-state index contributed by atoms with van der Waals surface area (Å²) < 4.78 is 66.3. The van der Waals surface area contributed by atoms with Gasteiger partial charge in [0.1, 0.15) is 0 Å². The Hall–Kier alpha value is -3.09. The molecule has 0 fully saturated rings. The molecule has 0 saturated heterocycles. The van der Waals surface area contributed by atoms with Crippen LogP contribution in [0.3, 0.4) is 0 Å². The number of anilines is 1. The van der Waals surface area contributed by atoms with Gasteiger partial charge in [0.25, 0.3) is 0 Å². The van der Waals surface area contributed by atoms with Gasteiger partial charge in [-0.1, -0.05) is 52.3 Å². The van der Waals surface area contributed by atoms with Gasteiger partial charge in [0.05, 0.1) is 23.7 Å². The summed E-state index contributed by atoms with van der Waals surface area (Å²) in [5.74, 6) is 0. The van der Waals surface area contributed by atoms with Crippen LogP contribution >= 0.6 is 23.5 Å². The monoisotopic (exact) mass is 641 g/mol. The third-order valence-corrected chi connectivity index (χ3v) is 8.75. The van der Waals surface area contributed by atoms with Crippen molar-refractivity contribution in [1.29, 1.82) is 0 Å². The molecule has 1 heterocycles. The largest absolute Gasteiger partial charge is 0.399 e. The van der Waals surface area contributed by atoms with Crippen LogP contribution in [0.1, 0.15) is 16.7 Å². The van der Waals surface area contributed by atoms with Crippen molar-refractivity contribution < 1.29 is 31.6 Å². The molecular formula is C25H23BrF2N3O6PS. The lowest BCUT2D eigenvalue weighted by Gasteiger charge is -2.19. The fourth-order valence-corrected chi connectivity index (χ4v) is 6.00. The van der Waals surface area contributed by atoms with Crippen LogP contribution in [-0.4, -0.2) is 33.6 Å². The second-order valence-electron chi connectivity index (χ2n) is 8.95. The van der Waals surface area contributed by atoms with E-state index in [-0.39, 0.29) is 22.5 Å². The molecule has 0 unspecified atom stereocenters. The molecule has 0 radical (unpaired) electrons. The second kappa shape index (κ2) is 10.5. The van der Waals surface area contributed by atoms with E-state index in [9.17, 15) is 26.6 Å². The molecular weight excluding hydrogens is 619 g/mol. The van der Waals surface area contributed by atoms with Crippen molar-refractivity contribution in [3.63, 3.8) is 0 Å². The Labute approximate surface area is 230 Å². The predicted molar refractivity (Wildman–Crippen MR) is 146 cm³/mol. The van der Waals surface area contributed by atoms with E-state index in [4.69, 9.17) is 15.5 Å². The fraction of sp³-hybridized carbons (Fsp3) is 0.160. The minimum atomic E-state index is -5.78. The van der Waals surface area contributed by atoms with Crippen LogP contribution in [0.2, 0.25) is 0 Å². The summed E-state index contributed by atoms with van der Waals surface area (Å²) in [6.07, 6.45) is 2.68. The highest BCUT2D eigenvalue weighted by Gasteiger charge is 2.51. The average Bonchev–Trinajstić information content (AvgIpc) is 3.12. The number of nitrogen functional groups attached to an aromatic ring is 1. The van der Waals surface area contributed by atoms with E-state index in [1.165, 1.54) is 33.4 Å². The molecule has 0 bridgehead atoms. The maximum absolute atomic E-state index is 14.3. The molecule has 0 spiro atoms. The standard InChI is InChI=1S/C25H23BrF2N3O6PS/c1-39(36,37)20-8-6-18(7-9-20)23-15-30(13-16-3-2-4-19(29)11-16)24(32)31(23)14-17-5-10-21(22(26)12-17)25(27,28)38(33,34)35/h2-12,15H,13-14,29H2,1H3,(H2,33,34,35). The highest BCUT2D eigenvalue weighted by Crippen LogP contribution is 2.60. The quantitative estimate of drug-likeness (QED) is 0.191. The summed E-state index contributed by atoms with van der Waals surface area (Å²) in [6.45, 7) is 0.106. The Morgan fingerprint density at radius 1 is 1.00 bits per heavy atom. The van der Waals surface area contributed by atoms with Crippen molar-refractivity contribution in [2.24, 2.45) is 0 Å². The molecule has 9 nitrogen and oxygen atoms in total. The lowest BCUT2D eigenvalue weighted by molar-refractivity contribution is 0.0557. The number of hydrogen-bond donors (Lipinski definition) is 3. The van der Waals surface area contributed by atoms with Gasteiger partial charge in [-0.3, -0.25) is 13.7 Å². The van der Waals surface area contributed by atoms with Gasteiger partial charge < -0.3 is 15.5 Å². The van der Waals surface area contributed by atoms with Crippen LogP contribution < -0.4 is 11.4 Å². The van der Waals surface area contributed by atoms with Crippen LogP contribution in [0.15, 0.2) is 87.1 Å². The lowest BCUT2D eigenvalue weighted by Crippen LogP contribution is -2.25. The molecule has 206 valence electrons. The van der Waals surface area contributed by atoms with Crippen molar-refractivity contribution in [2.45, 2.75) is 23.6 Å². The van der Waals surface area contributed by atoms with E-state index in [0.29, 0.717) is 22.5 Å². The molecule has 0 aliphatic rings. The van der Waals surface area contributed by atoms with Crippen LogP contribution in [0.25, 0.3) is 11.3 Å². The Morgan fingerprint density at radius 3 is 2.21 bits per heavy atom. The number of benzene rings is 3. The number of rotatable bonds is 8. The summed E-state index contributed by atoms with van der Waals surface area (Å²) >= 11 is 2.97. The molecule has 0 aliphatic heterocycles. The van der Waals surface area contributed by atoms with Crippen LogP contribution in [0, 0.1) is 0 Å². The van der Waals surface area contributed by atoms with Crippen molar-refractivity contribution in [2.75, 3.05) is 12.0 Å². The minimum Gasteiger partial charge on any atom is -0.399 e. The molecule has 4 rings (SSSR count). The van der Waals surface area contributed by atoms with Gasteiger partial charge in [0, 0.05) is 28.2 Å². The van der Waals surface area contributed by atoms with Gasteiger partial charge >= 0.3 is 18.9 Å². The van der Waals surface area contributed by atoms with Crippen LogP contribution in [0.4, 0.5) is 14.5 Å². The summed E-state index contributed by atoms with van der Waals surface area (Å²) in [6, 6.07) is 16.4. The molecule has 0 atom stereocenters. The van der Waals surface area contributed by atoms with Gasteiger partial charge in [-0.15, -0.1) is 0 Å². The molecule has 0 saturated carbocycles. The Morgan fingerprint density at radius 2 is 1.64 bits per heavy atom. The first kappa shape index (κ1) is 28.9. The van der Waals surface area contributed by atoms with E-state index in [0.717, 1.165) is 17.9 Å². The molecule has 39 heavy (non-hydrogen) atoms. The van der Waals surface area contributed by atoms with Crippen LogP contribution in [0.5, 0.6) is 0 Å². The van der Waals surface area contributed by atoms with Gasteiger partial charge in [-0.25, -0.2) is 13.2 Å². The first-order valence-corrected chi connectivity index (χ1v) is 15.5. The number of halogens is 3. The number of aromatic nitrogens is 2. The zero-order chi connectivity index (χ0) is 28.8. The average molecular weight is 642 g/mol. The summed E-state index contributed by atoms with van der Waals surface area (Å²) in [4.78, 5) is 31.8. The second-order valence-corrected chi connectivity index (χ2v) is 13.5. The molecule has 0 amide bonds. The van der Waals surface area contributed by atoms with Gasteiger partial charge in [-0.05, 0) is 47.0 Å². The molecule has 4 aromatic rings. The zero-order valence-electron chi connectivity index (χ0n) is 20.3. The molecule has 4 N–H and O–H groups in total. The fourth-order valence-electron chi connectivity index (χ4n) is 4.03. The van der Waals surface area contributed by atoms with Gasteiger partial charge in [-0.2, -0.15) is 8.78 Å². The number of nitrogens with zero attached hydrogens (tertiary/aromatic N) is 2. The number of hydrogen-bond acceptors (Lipinski definition) is 5. The highest BCUT2D eigenvalue weighted by atomic mass is 79.9. The molecule has 0 aliphatic carbocycles. The highest BCUT2D eigenvalue weighted by molar-refractivity contribution is 9.10. The van der Waals surface area contributed by atoms with Crippen molar-refractivity contribution >= 4 is 39.1 Å². The Kier molecular flexibility index (Phi) is 7.76. The summed E-state index contributed by atoms with van der Waals surface area (Å²) in [5, 5.41) is 0. The van der Waals surface area contributed by atoms with E-state index >= 15 is 0 Å². The Bertz CT molecular complexity index is 1770. The minimum absolute atomic E-state index is 0.0771. The maximum Gasteiger partial charge on any atom is 0.399 e. The third-order valence-electron chi connectivity index (χ3n) is 5.99. The third kappa shape index (κ3) is 6.07. The smallest absolute Gasteiger partial charge is 0.399 e. The van der Waals surface area contributed by atoms with Crippen molar-refractivity contribution in [3.05, 3.63) is 105 Å². The summed E-state index contributed by atoms with van der Waals surface area (Å²) in [7, 11) is -9.23. The number of alkyl halides is 2. The van der Waals surface area contributed by atoms with Crippen molar-refractivity contribution in [1.82, 2.24) is 9.13 Å². The Balaban J connectivity index is 1.79. The number of sulfone groups is 1. The number of nitrogens with two attached hydrogens (primary N) is 1. The zero-order valence-corrected chi connectivity index (χ0v) is 23.6. The predicted octanol–water partition coefficient (Wildman–Crippen LogP) is 4.39. The van der Waals surface area contributed by atoms with E-state index in [2.05, 4.69) is 15.9 Å². The van der Waals surface area contributed by atoms with E-state index in [1.807, 2.05) is 0 Å². The molecule has 3 aromatic carbocycles. The number of imidazole rings is 1. The normalized spacial score (nSPS) is 12.6. The van der Waals surface area contributed by atoms with E-state index < -0.39 is 34.3 Å². The SMILES string of the molecule is CS(=O)(=O)c1ccc(-c2cn(Cc3cccc(N)c3)c(=O)n2Cc2ccc(C(F)(F)P(=O)(O)O)c(Br)c2)cc1. The lowest BCUT2D eigenvalue weighted by atomic mass is 10.1. The van der Waals surface area contributed by atoms with E-state index in [1.54, 1.807) is 42.6 Å². The molecule has 14 heteroatoms. The topological polar surface area (TPSA) is 145 Å². The van der Waals surface area contributed by atoms with Gasteiger partial charge in [0.15, 0.2) is 9.84 Å². The van der Waals surface area contributed by atoms with Gasteiger partial charge in [0.2, 0.25) is 0 Å². The maximum atomic E-state index is 14.3. The summed E-state index contributed by atoms with van der Waals surface area (Å²) in [5.41, 5.74) is 2.79. The van der Waals surface area contributed by atoms with Crippen LogP contribution in [-0.2, 0) is 33.2 Å². The first-order valence-electron chi connectivity index (χ1n) is 11.2. The molecule has 1 aromatic heterocycles.